The summed E-state index contributed by atoms with van der Waals surface area (Å²) in [4.78, 5) is 10.1. The van der Waals surface area contributed by atoms with Crippen molar-refractivity contribution in [2.24, 2.45) is 5.10 Å². The lowest BCUT2D eigenvalue weighted by Gasteiger charge is -2.07. The largest absolute Gasteiger partial charge is 0.507 e. The Morgan fingerprint density at radius 2 is 1.95 bits per heavy atom. The van der Waals surface area contributed by atoms with Crippen LogP contribution in [0.1, 0.15) is 12.5 Å². The molecule has 2 rings (SSSR count). The number of phenols is 1. The number of rotatable bonds is 5. The number of nitrogens with one attached hydrogen (secondary N) is 1. The molecule has 0 spiro atoms. The molecule has 0 fully saturated rings. The molecule has 2 N–H and O–H groups in total. The molecule has 0 atom stereocenters. The fourth-order valence-electron chi connectivity index (χ4n) is 1.81. The van der Waals surface area contributed by atoms with Crippen molar-refractivity contribution in [3.8, 4) is 11.5 Å². The van der Waals surface area contributed by atoms with Crippen LogP contribution >= 0.6 is 0 Å². The minimum absolute atomic E-state index is 0.0130. The zero-order chi connectivity index (χ0) is 16.1. The third-order valence-electron chi connectivity index (χ3n) is 3.03. The number of phenolic OH excluding ortho intramolecular Hbond substituents is 1. The Bertz CT molecular complexity index is 711. The number of nitrogens with zero attached hydrogens (tertiary/aromatic N) is 2. The highest BCUT2D eigenvalue weighted by molar-refractivity contribution is 6.01. The average molecular weight is 301 g/mol. The van der Waals surface area contributed by atoms with E-state index in [2.05, 4.69) is 10.5 Å². The van der Waals surface area contributed by atoms with Gasteiger partial charge in [0, 0.05) is 23.8 Å². The first kappa shape index (κ1) is 15.3. The Hall–Kier alpha value is -3.09. The van der Waals surface area contributed by atoms with Crippen LogP contribution in [0.15, 0.2) is 47.6 Å². The van der Waals surface area contributed by atoms with Crippen LogP contribution in [0.5, 0.6) is 11.5 Å². The molecule has 2 aromatic carbocycles. The summed E-state index contributed by atoms with van der Waals surface area (Å²) in [5.41, 5.74) is 4.54. The fourth-order valence-corrected chi connectivity index (χ4v) is 1.81. The minimum Gasteiger partial charge on any atom is -0.507 e. The van der Waals surface area contributed by atoms with Crippen LogP contribution in [0.4, 0.5) is 11.4 Å². The smallest absolute Gasteiger partial charge is 0.269 e. The van der Waals surface area contributed by atoms with Crippen LogP contribution < -0.4 is 10.2 Å². The Balaban J connectivity index is 2.14. The number of hydrazone groups is 1. The van der Waals surface area contributed by atoms with Gasteiger partial charge in [-0.25, -0.2) is 0 Å². The molecular weight excluding hydrogens is 286 g/mol. The van der Waals surface area contributed by atoms with E-state index >= 15 is 0 Å². The summed E-state index contributed by atoms with van der Waals surface area (Å²) in [5, 5.41) is 24.6. The van der Waals surface area contributed by atoms with Gasteiger partial charge in [-0.15, -0.1) is 0 Å². The van der Waals surface area contributed by atoms with Gasteiger partial charge in [0.05, 0.1) is 23.4 Å². The van der Waals surface area contributed by atoms with E-state index in [1.165, 1.54) is 25.3 Å². The molecule has 0 radical (unpaired) electrons. The van der Waals surface area contributed by atoms with Crippen molar-refractivity contribution in [1.82, 2.24) is 0 Å². The van der Waals surface area contributed by atoms with Crippen molar-refractivity contribution in [3.63, 3.8) is 0 Å². The first-order valence-electron chi connectivity index (χ1n) is 6.43. The Morgan fingerprint density at radius 1 is 1.27 bits per heavy atom. The number of hydrogen-bond acceptors (Lipinski definition) is 6. The monoisotopic (exact) mass is 301 g/mol. The van der Waals surface area contributed by atoms with E-state index in [9.17, 15) is 15.2 Å². The van der Waals surface area contributed by atoms with Crippen molar-refractivity contribution in [2.75, 3.05) is 12.5 Å². The van der Waals surface area contributed by atoms with E-state index in [1.807, 2.05) is 0 Å². The van der Waals surface area contributed by atoms with Crippen molar-refractivity contribution >= 4 is 17.1 Å². The molecule has 7 nitrogen and oxygen atoms in total. The maximum absolute atomic E-state index is 10.6. The summed E-state index contributed by atoms with van der Waals surface area (Å²) in [7, 11) is 1.52. The summed E-state index contributed by atoms with van der Waals surface area (Å²) in [6.07, 6.45) is 0. The number of methoxy groups -OCH3 is 1. The highest BCUT2D eigenvalue weighted by atomic mass is 16.6. The molecule has 0 saturated heterocycles. The third-order valence-corrected chi connectivity index (χ3v) is 3.03. The molecule has 0 aromatic heterocycles. The van der Waals surface area contributed by atoms with Gasteiger partial charge in [-0.2, -0.15) is 5.10 Å². The third kappa shape index (κ3) is 3.51. The second-order valence-corrected chi connectivity index (χ2v) is 4.50. The van der Waals surface area contributed by atoms with E-state index in [0.29, 0.717) is 22.7 Å². The van der Waals surface area contributed by atoms with Crippen molar-refractivity contribution < 1.29 is 14.8 Å². The second kappa shape index (κ2) is 6.57. The van der Waals surface area contributed by atoms with E-state index < -0.39 is 4.92 Å². The molecule has 0 aliphatic heterocycles. The molecule has 0 saturated carbocycles. The van der Waals surface area contributed by atoms with Gasteiger partial charge in [0.1, 0.15) is 11.5 Å². The molecule has 0 bridgehead atoms. The van der Waals surface area contributed by atoms with Crippen LogP contribution in [0.25, 0.3) is 0 Å². The molecule has 0 amide bonds. The van der Waals surface area contributed by atoms with E-state index in [-0.39, 0.29) is 11.4 Å². The molecule has 0 unspecified atom stereocenters. The van der Waals surface area contributed by atoms with Crippen molar-refractivity contribution in [3.05, 3.63) is 58.1 Å². The SMILES string of the molecule is COc1ccc(/C(C)=N/Nc2ccc([N+](=O)[O-])cc2)c(O)c1. The summed E-state index contributed by atoms with van der Waals surface area (Å²) >= 11 is 0. The summed E-state index contributed by atoms with van der Waals surface area (Å²) in [6.45, 7) is 1.74. The van der Waals surface area contributed by atoms with E-state index in [4.69, 9.17) is 4.74 Å². The number of nitro groups is 1. The van der Waals surface area contributed by atoms with Gasteiger partial charge in [0.15, 0.2) is 0 Å². The number of aromatic hydroxyl groups is 1. The predicted molar refractivity (Wildman–Crippen MR) is 83.6 cm³/mol. The first-order valence-corrected chi connectivity index (χ1v) is 6.43. The lowest BCUT2D eigenvalue weighted by Crippen LogP contribution is -2.00. The highest BCUT2D eigenvalue weighted by Crippen LogP contribution is 2.24. The van der Waals surface area contributed by atoms with Gasteiger partial charge in [-0.05, 0) is 31.2 Å². The number of ether oxygens (including phenoxy) is 1. The standard InChI is InChI=1S/C15H15N3O4/c1-10(14-8-7-13(22-2)9-15(14)19)16-17-11-3-5-12(6-4-11)18(20)21/h3-9,17,19H,1-2H3/b16-10+. The second-order valence-electron chi connectivity index (χ2n) is 4.50. The summed E-state index contributed by atoms with van der Waals surface area (Å²) in [5.74, 6) is 0.614. The maximum Gasteiger partial charge on any atom is 0.269 e. The van der Waals surface area contributed by atoms with Gasteiger partial charge in [-0.3, -0.25) is 15.5 Å². The molecular formula is C15H15N3O4. The number of nitro benzene ring substituents is 1. The van der Waals surface area contributed by atoms with Crippen molar-refractivity contribution in [2.45, 2.75) is 6.92 Å². The molecule has 22 heavy (non-hydrogen) atoms. The van der Waals surface area contributed by atoms with Gasteiger partial charge in [0.2, 0.25) is 0 Å². The topological polar surface area (TPSA) is 97.0 Å². The maximum atomic E-state index is 10.6. The quantitative estimate of drug-likeness (QED) is 0.502. The Kier molecular flexibility index (Phi) is 4.57. The lowest BCUT2D eigenvalue weighted by atomic mass is 10.1. The molecule has 114 valence electrons. The van der Waals surface area contributed by atoms with Crippen molar-refractivity contribution in [1.29, 1.82) is 0 Å². The molecule has 7 heteroatoms. The highest BCUT2D eigenvalue weighted by Gasteiger charge is 2.07. The number of hydrogen-bond donors (Lipinski definition) is 2. The molecule has 0 aliphatic rings. The Labute approximate surface area is 127 Å². The van der Waals surface area contributed by atoms with Crippen LogP contribution in [-0.2, 0) is 0 Å². The Morgan fingerprint density at radius 3 is 2.50 bits per heavy atom. The van der Waals surface area contributed by atoms with Crippen LogP contribution in [0.2, 0.25) is 0 Å². The minimum atomic E-state index is -0.465. The van der Waals surface area contributed by atoms with Gasteiger partial charge >= 0.3 is 0 Å². The van der Waals surface area contributed by atoms with Crippen LogP contribution in [-0.4, -0.2) is 22.9 Å². The summed E-state index contributed by atoms with van der Waals surface area (Å²) < 4.78 is 5.02. The van der Waals surface area contributed by atoms with Crippen LogP contribution in [0.3, 0.4) is 0 Å². The fraction of sp³-hybridized carbons (Fsp3) is 0.133. The molecule has 2 aromatic rings. The first-order chi connectivity index (χ1) is 10.5. The van der Waals surface area contributed by atoms with E-state index in [0.717, 1.165) is 0 Å². The zero-order valence-electron chi connectivity index (χ0n) is 12.1. The van der Waals surface area contributed by atoms with Gasteiger partial charge in [-0.1, -0.05) is 0 Å². The average Bonchev–Trinajstić information content (AvgIpc) is 2.52. The lowest BCUT2D eigenvalue weighted by molar-refractivity contribution is -0.384. The number of benzene rings is 2. The molecule has 0 heterocycles. The predicted octanol–water partition coefficient (Wildman–Crippen LogP) is 3.15. The normalized spacial score (nSPS) is 11.1. The van der Waals surface area contributed by atoms with Crippen LogP contribution in [0, 0.1) is 10.1 Å². The number of anilines is 1. The van der Waals surface area contributed by atoms with E-state index in [1.54, 1.807) is 31.2 Å². The number of non-ortho nitro benzene ring substituents is 1. The molecule has 0 aliphatic carbocycles. The van der Waals surface area contributed by atoms with Gasteiger partial charge in [0.25, 0.3) is 5.69 Å². The van der Waals surface area contributed by atoms with Gasteiger partial charge < -0.3 is 9.84 Å². The zero-order valence-corrected chi connectivity index (χ0v) is 12.1. The summed E-state index contributed by atoms with van der Waals surface area (Å²) in [6, 6.07) is 10.8.